The highest BCUT2D eigenvalue weighted by Crippen LogP contribution is 2.29. The molecule has 1 aliphatic carbocycles. The van der Waals surface area contributed by atoms with Gasteiger partial charge in [-0.15, -0.1) is 0 Å². The van der Waals surface area contributed by atoms with E-state index < -0.39 is 0 Å². The van der Waals surface area contributed by atoms with E-state index in [9.17, 15) is 4.79 Å². The van der Waals surface area contributed by atoms with E-state index in [2.05, 4.69) is 11.1 Å². The molecule has 1 aromatic rings. The lowest BCUT2D eigenvalue weighted by molar-refractivity contribution is -0.118. The molecule has 1 aliphatic heterocycles. The minimum Gasteiger partial charge on any atom is -0.493 e. The zero-order chi connectivity index (χ0) is 15.0. The molecule has 1 heterocycles. The third-order valence-corrected chi connectivity index (χ3v) is 2.77. The molecule has 5 heteroatoms. The average molecular weight is 277 g/mol. The second-order valence-electron chi connectivity index (χ2n) is 4.36. The van der Waals surface area contributed by atoms with Gasteiger partial charge in [-0.05, 0) is 24.5 Å². The quantitative estimate of drug-likeness (QED) is 0.605. The summed E-state index contributed by atoms with van der Waals surface area (Å²) in [6.45, 7) is 4.86. The van der Waals surface area contributed by atoms with Crippen molar-refractivity contribution in [2.75, 3.05) is 6.61 Å². The normalized spacial score (nSPS) is 14.5. The molecular formula is C15H23N3O2. The zero-order valence-corrected chi connectivity index (χ0v) is 12.1. The van der Waals surface area contributed by atoms with Gasteiger partial charge in [0.2, 0.25) is 0 Å². The van der Waals surface area contributed by atoms with Gasteiger partial charge in [-0.25, -0.2) is 0 Å². The van der Waals surface area contributed by atoms with Crippen molar-refractivity contribution >= 4 is 11.9 Å². The first kappa shape index (κ1) is 16.0. The molecule has 1 saturated carbocycles. The molecule has 2 aliphatic rings. The lowest BCUT2D eigenvalue weighted by atomic mass is 10.2. The third kappa shape index (κ3) is 5.30. The molecule has 4 N–H and O–H groups in total. The summed E-state index contributed by atoms with van der Waals surface area (Å²) >= 11 is 0. The summed E-state index contributed by atoms with van der Waals surface area (Å²) in [7, 11) is 0. The van der Waals surface area contributed by atoms with Crippen molar-refractivity contribution in [3.63, 3.8) is 0 Å². The van der Waals surface area contributed by atoms with Gasteiger partial charge >= 0.3 is 0 Å². The Balaban J connectivity index is 0.000000178. The number of hydrogen-bond acceptors (Lipinski definition) is 2. The third-order valence-electron chi connectivity index (χ3n) is 2.77. The van der Waals surface area contributed by atoms with E-state index in [1.54, 1.807) is 0 Å². The van der Waals surface area contributed by atoms with Crippen LogP contribution in [0, 0.1) is 5.92 Å². The summed E-state index contributed by atoms with van der Waals surface area (Å²) < 4.78 is 5.30. The lowest BCUT2D eigenvalue weighted by Crippen LogP contribution is -2.24. The number of hydrogen-bond donors (Lipinski definition) is 2. The topological polar surface area (TPSA) is 90.7 Å². The molecule has 5 nitrogen and oxygen atoms in total. The fourth-order valence-electron chi connectivity index (χ4n) is 1.67. The highest BCUT2D eigenvalue weighted by molar-refractivity contribution is 5.93. The summed E-state index contributed by atoms with van der Waals surface area (Å²) in [6.07, 6.45) is 2.96. The van der Waals surface area contributed by atoms with Gasteiger partial charge in [0.05, 0.1) is 6.61 Å². The average Bonchev–Trinajstić information content (AvgIpc) is 3.19. The van der Waals surface area contributed by atoms with E-state index in [-0.39, 0.29) is 17.8 Å². The monoisotopic (exact) mass is 277 g/mol. The van der Waals surface area contributed by atoms with E-state index >= 15 is 0 Å². The first-order valence-electron chi connectivity index (χ1n) is 7.01. The maximum Gasteiger partial charge on any atom is 0.251 e. The molecule has 1 aromatic carbocycles. The first-order chi connectivity index (χ1) is 9.66. The summed E-state index contributed by atoms with van der Waals surface area (Å²) in [5.41, 5.74) is 11.3. The maximum absolute atomic E-state index is 10.7. The molecule has 3 rings (SSSR count). The molecule has 0 bridgehead atoms. The predicted molar refractivity (Wildman–Crippen MR) is 80.5 cm³/mol. The van der Waals surface area contributed by atoms with E-state index in [4.69, 9.17) is 16.2 Å². The first-order valence-corrected chi connectivity index (χ1v) is 7.01. The van der Waals surface area contributed by atoms with Crippen LogP contribution in [0.5, 0.6) is 5.75 Å². The number of benzene rings is 1. The van der Waals surface area contributed by atoms with Crippen LogP contribution in [-0.4, -0.2) is 18.5 Å². The van der Waals surface area contributed by atoms with Gasteiger partial charge in [-0.3, -0.25) is 4.79 Å². The van der Waals surface area contributed by atoms with Crippen LogP contribution in [-0.2, 0) is 11.2 Å². The van der Waals surface area contributed by atoms with Gasteiger partial charge in [-0.2, -0.15) is 4.99 Å². The Morgan fingerprint density at radius 1 is 1.25 bits per heavy atom. The highest BCUT2D eigenvalue weighted by atomic mass is 16.5. The van der Waals surface area contributed by atoms with Crippen LogP contribution in [0.4, 0.5) is 0 Å². The molecule has 0 radical (unpaired) electrons. The van der Waals surface area contributed by atoms with Crippen LogP contribution < -0.4 is 16.2 Å². The van der Waals surface area contributed by atoms with Crippen molar-refractivity contribution in [2.24, 2.45) is 22.4 Å². The van der Waals surface area contributed by atoms with E-state index in [1.807, 2.05) is 32.0 Å². The Bertz CT molecular complexity index is 441. The minimum absolute atomic E-state index is 0.118. The van der Waals surface area contributed by atoms with Crippen molar-refractivity contribution in [3.05, 3.63) is 29.8 Å². The van der Waals surface area contributed by atoms with Crippen molar-refractivity contribution in [2.45, 2.75) is 33.1 Å². The number of aliphatic imine (C=N–C) groups is 1. The molecule has 110 valence electrons. The summed E-state index contributed by atoms with van der Waals surface area (Å²) in [4.78, 5) is 14.0. The zero-order valence-electron chi connectivity index (χ0n) is 12.1. The second-order valence-corrected chi connectivity index (χ2v) is 4.36. The fraction of sp³-hybridized carbons (Fsp3) is 0.467. The molecule has 0 spiro atoms. The van der Waals surface area contributed by atoms with Gasteiger partial charge in [0.15, 0.2) is 5.96 Å². The molecule has 0 atom stereocenters. The number of rotatable bonds is 1. The van der Waals surface area contributed by atoms with Crippen LogP contribution in [0.25, 0.3) is 0 Å². The molecular weight excluding hydrogens is 254 g/mol. The van der Waals surface area contributed by atoms with Crippen molar-refractivity contribution in [1.82, 2.24) is 0 Å². The molecule has 0 saturated heterocycles. The SMILES string of the molecule is CC.NC(N)=NC(=O)C1CC1.c1ccc2c(c1)CCO2. The number of carbonyl (C=O) groups is 1. The number of nitrogens with zero attached hydrogens (tertiary/aromatic N) is 1. The van der Waals surface area contributed by atoms with Gasteiger partial charge in [0.25, 0.3) is 5.91 Å². The van der Waals surface area contributed by atoms with Gasteiger partial charge in [0, 0.05) is 12.3 Å². The Morgan fingerprint density at radius 2 is 1.90 bits per heavy atom. The molecule has 20 heavy (non-hydrogen) atoms. The Labute approximate surface area is 120 Å². The number of fused-ring (bicyclic) bond motifs is 1. The standard InChI is InChI=1S/C8H8O.C5H9N3O.C2H6/c1-2-4-8-7(3-1)5-6-9-8;6-5(7)8-4(9)3-1-2-3;1-2/h1-4H,5-6H2;3H,1-2H2,(H4,6,7,8,9);1-2H3. The summed E-state index contributed by atoms with van der Waals surface area (Å²) in [5.74, 6) is 0.881. The number of nitrogens with two attached hydrogens (primary N) is 2. The molecule has 1 amide bonds. The van der Waals surface area contributed by atoms with E-state index in [1.165, 1.54) is 5.56 Å². The van der Waals surface area contributed by atoms with Crippen LogP contribution in [0.15, 0.2) is 29.3 Å². The highest BCUT2D eigenvalue weighted by Gasteiger charge is 2.29. The van der Waals surface area contributed by atoms with Crippen molar-refractivity contribution < 1.29 is 9.53 Å². The van der Waals surface area contributed by atoms with Crippen molar-refractivity contribution in [1.29, 1.82) is 0 Å². The van der Waals surface area contributed by atoms with Crippen LogP contribution in [0.2, 0.25) is 0 Å². The molecule has 1 fully saturated rings. The number of carbonyl (C=O) groups excluding carboxylic acids is 1. The fourth-order valence-corrected chi connectivity index (χ4v) is 1.67. The van der Waals surface area contributed by atoms with Gasteiger partial charge in [0.1, 0.15) is 5.75 Å². The van der Waals surface area contributed by atoms with Crippen LogP contribution in [0.1, 0.15) is 32.3 Å². The van der Waals surface area contributed by atoms with Crippen LogP contribution >= 0.6 is 0 Å². The second kappa shape index (κ2) is 8.19. The Morgan fingerprint density at radius 3 is 2.45 bits per heavy atom. The summed E-state index contributed by atoms with van der Waals surface area (Å²) in [5, 5.41) is 0. The minimum atomic E-state index is -0.171. The van der Waals surface area contributed by atoms with E-state index in [0.29, 0.717) is 0 Å². The largest absolute Gasteiger partial charge is 0.493 e. The van der Waals surface area contributed by atoms with E-state index in [0.717, 1.165) is 31.6 Å². The molecule has 0 unspecified atom stereocenters. The van der Waals surface area contributed by atoms with Gasteiger partial charge in [-0.1, -0.05) is 32.0 Å². The Hall–Kier alpha value is -2.04. The number of ether oxygens (including phenoxy) is 1. The van der Waals surface area contributed by atoms with Crippen LogP contribution in [0.3, 0.4) is 0 Å². The number of guanidine groups is 1. The summed E-state index contributed by atoms with van der Waals surface area (Å²) in [6, 6.07) is 8.18. The predicted octanol–water partition coefficient (Wildman–Crippen LogP) is 1.84. The maximum atomic E-state index is 10.7. The Kier molecular flexibility index (Phi) is 6.56. The molecule has 0 aromatic heterocycles. The smallest absolute Gasteiger partial charge is 0.251 e. The van der Waals surface area contributed by atoms with Crippen molar-refractivity contribution in [3.8, 4) is 5.75 Å². The number of para-hydroxylation sites is 1. The van der Waals surface area contributed by atoms with Gasteiger partial charge < -0.3 is 16.2 Å². The lowest BCUT2D eigenvalue weighted by Gasteiger charge is -1.93. The number of amides is 1.